The number of carbonyl (C=O) groups excluding carboxylic acids is 1. The lowest BCUT2D eigenvalue weighted by Gasteiger charge is -2.19. The first kappa shape index (κ1) is 16.8. The summed E-state index contributed by atoms with van der Waals surface area (Å²) in [4.78, 5) is 13.2. The third-order valence-corrected chi connectivity index (χ3v) is 5.30. The molecule has 26 heavy (non-hydrogen) atoms. The minimum atomic E-state index is -0.0891. The van der Waals surface area contributed by atoms with Crippen LogP contribution in [-0.4, -0.2) is 5.78 Å². The lowest BCUT2D eigenvalue weighted by atomic mass is 9.83. The van der Waals surface area contributed by atoms with Gasteiger partial charge in [0.15, 0.2) is 5.78 Å². The van der Waals surface area contributed by atoms with E-state index in [4.69, 9.17) is 11.6 Å². The van der Waals surface area contributed by atoms with Gasteiger partial charge in [0.2, 0.25) is 0 Å². The Morgan fingerprint density at radius 3 is 2.08 bits per heavy atom. The van der Waals surface area contributed by atoms with Crippen LogP contribution in [0.15, 0.2) is 91.0 Å². The second kappa shape index (κ2) is 7.31. The number of allylic oxidation sites excluding steroid dienone is 2. The highest BCUT2D eigenvalue weighted by atomic mass is 35.5. The van der Waals surface area contributed by atoms with Gasteiger partial charge in [0.25, 0.3) is 0 Å². The third-order valence-electron chi connectivity index (χ3n) is 5.05. The molecule has 0 aliphatic heterocycles. The van der Waals surface area contributed by atoms with Gasteiger partial charge < -0.3 is 0 Å². The second-order valence-corrected chi connectivity index (χ2v) is 7.11. The normalized spacial score (nSPS) is 19.2. The van der Waals surface area contributed by atoms with Crippen molar-refractivity contribution >= 4 is 23.0 Å². The van der Waals surface area contributed by atoms with Gasteiger partial charge >= 0.3 is 0 Å². The van der Waals surface area contributed by atoms with Crippen molar-refractivity contribution in [2.75, 3.05) is 0 Å². The van der Waals surface area contributed by atoms with E-state index in [1.807, 2.05) is 72.8 Å². The van der Waals surface area contributed by atoms with Gasteiger partial charge in [-0.05, 0) is 35.3 Å². The van der Waals surface area contributed by atoms with Gasteiger partial charge in [0, 0.05) is 22.4 Å². The Morgan fingerprint density at radius 2 is 1.42 bits per heavy atom. The predicted molar refractivity (Wildman–Crippen MR) is 107 cm³/mol. The number of hydrogen-bond donors (Lipinski definition) is 0. The molecule has 0 spiro atoms. The van der Waals surface area contributed by atoms with Gasteiger partial charge in [-0.1, -0.05) is 90.5 Å². The molecule has 0 N–H and O–H groups in total. The number of rotatable bonds is 4. The number of carbonyl (C=O) groups is 1. The summed E-state index contributed by atoms with van der Waals surface area (Å²) in [6.07, 6.45) is 3.01. The quantitative estimate of drug-likeness (QED) is 0.492. The van der Waals surface area contributed by atoms with E-state index in [0.29, 0.717) is 5.02 Å². The average molecular weight is 359 g/mol. The van der Waals surface area contributed by atoms with E-state index in [9.17, 15) is 4.79 Å². The van der Waals surface area contributed by atoms with Crippen molar-refractivity contribution in [3.63, 3.8) is 0 Å². The molecule has 0 fully saturated rings. The van der Waals surface area contributed by atoms with Crippen LogP contribution in [0.3, 0.4) is 0 Å². The lowest BCUT2D eigenvalue weighted by Crippen LogP contribution is -2.18. The summed E-state index contributed by atoms with van der Waals surface area (Å²) in [6.45, 7) is 0. The summed E-state index contributed by atoms with van der Waals surface area (Å²) in [5.41, 5.74) is 4.34. The Bertz CT molecular complexity index is 927. The van der Waals surface area contributed by atoms with E-state index < -0.39 is 0 Å². The zero-order valence-corrected chi connectivity index (χ0v) is 15.1. The van der Waals surface area contributed by atoms with E-state index in [1.54, 1.807) is 0 Å². The molecule has 0 heterocycles. The number of halogens is 1. The zero-order valence-electron chi connectivity index (χ0n) is 14.3. The Labute approximate surface area is 159 Å². The molecule has 0 amide bonds. The highest BCUT2D eigenvalue weighted by Crippen LogP contribution is 2.43. The maximum Gasteiger partial charge on any atom is 0.167 e. The number of benzene rings is 3. The molecule has 2 atom stereocenters. The molecule has 0 saturated carbocycles. The standard InChI is InChI=1S/C24H19ClO/c25-21-13-11-18(12-14-21)22-15-20(17-7-3-1-4-8-17)16-23(22)24(26)19-9-5-2-6-10-19/h1-15,22-23H,16H2/t22-,23+/m1/s1. The van der Waals surface area contributed by atoms with Crippen molar-refractivity contribution in [2.24, 2.45) is 5.92 Å². The molecule has 0 bridgehead atoms. The van der Waals surface area contributed by atoms with Crippen LogP contribution in [0.1, 0.15) is 33.8 Å². The van der Waals surface area contributed by atoms with Gasteiger partial charge in [0.05, 0.1) is 0 Å². The van der Waals surface area contributed by atoms with Crippen LogP contribution in [0.2, 0.25) is 5.02 Å². The smallest absolute Gasteiger partial charge is 0.167 e. The average Bonchev–Trinajstić information content (AvgIpc) is 3.15. The summed E-state index contributed by atoms with van der Waals surface area (Å²) < 4.78 is 0. The Balaban J connectivity index is 1.72. The summed E-state index contributed by atoms with van der Waals surface area (Å²) in [5, 5.41) is 0.713. The molecular weight excluding hydrogens is 340 g/mol. The Hall–Kier alpha value is -2.64. The van der Waals surface area contributed by atoms with Crippen LogP contribution in [-0.2, 0) is 0 Å². The number of hydrogen-bond acceptors (Lipinski definition) is 1. The third kappa shape index (κ3) is 3.36. The van der Waals surface area contributed by atoms with Crippen LogP contribution in [0.25, 0.3) is 5.57 Å². The summed E-state index contributed by atoms with van der Waals surface area (Å²) >= 11 is 6.06. The molecule has 3 aromatic carbocycles. The minimum Gasteiger partial charge on any atom is -0.294 e. The van der Waals surface area contributed by atoms with Gasteiger partial charge in [-0.15, -0.1) is 0 Å². The maximum absolute atomic E-state index is 13.2. The first-order valence-corrected chi connectivity index (χ1v) is 9.21. The number of ketones is 1. The highest BCUT2D eigenvalue weighted by molar-refractivity contribution is 6.30. The zero-order chi connectivity index (χ0) is 17.9. The van der Waals surface area contributed by atoms with Crippen LogP contribution in [0.4, 0.5) is 0 Å². The summed E-state index contributed by atoms with van der Waals surface area (Å²) in [5.74, 6) is 0.177. The van der Waals surface area contributed by atoms with Crippen molar-refractivity contribution in [3.05, 3.63) is 113 Å². The van der Waals surface area contributed by atoms with E-state index in [1.165, 1.54) is 11.1 Å². The SMILES string of the molecule is O=C(c1ccccc1)[C@H]1CC(c2ccccc2)=C[C@@H]1c1ccc(Cl)cc1. The molecule has 1 aliphatic rings. The van der Waals surface area contributed by atoms with Crippen LogP contribution < -0.4 is 0 Å². The highest BCUT2D eigenvalue weighted by Gasteiger charge is 2.34. The van der Waals surface area contributed by atoms with Crippen molar-refractivity contribution < 1.29 is 4.79 Å². The molecule has 128 valence electrons. The lowest BCUT2D eigenvalue weighted by molar-refractivity contribution is 0.0917. The van der Waals surface area contributed by atoms with E-state index in [-0.39, 0.29) is 17.6 Å². The molecule has 0 unspecified atom stereocenters. The topological polar surface area (TPSA) is 17.1 Å². The first-order chi connectivity index (χ1) is 12.7. The van der Waals surface area contributed by atoms with Gasteiger partial charge in [-0.25, -0.2) is 0 Å². The van der Waals surface area contributed by atoms with Crippen LogP contribution >= 0.6 is 11.6 Å². The fraction of sp³-hybridized carbons (Fsp3) is 0.125. The summed E-state index contributed by atoms with van der Waals surface area (Å²) in [7, 11) is 0. The van der Waals surface area contributed by atoms with Crippen LogP contribution in [0, 0.1) is 5.92 Å². The van der Waals surface area contributed by atoms with Crippen molar-refractivity contribution in [3.8, 4) is 0 Å². The predicted octanol–water partition coefficient (Wildman–Crippen LogP) is 6.41. The molecule has 0 saturated heterocycles. The molecule has 3 aromatic rings. The summed E-state index contributed by atoms with van der Waals surface area (Å²) in [6, 6.07) is 27.8. The van der Waals surface area contributed by atoms with Crippen LogP contribution in [0.5, 0.6) is 0 Å². The molecule has 0 aromatic heterocycles. The largest absolute Gasteiger partial charge is 0.294 e. The Morgan fingerprint density at radius 1 is 0.808 bits per heavy atom. The maximum atomic E-state index is 13.2. The van der Waals surface area contributed by atoms with Gasteiger partial charge in [-0.2, -0.15) is 0 Å². The van der Waals surface area contributed by atoms with Crippen molar-refractivity contribution in [1.29, 1.82) is 0 Å². The molecule has 4 rings (SSSR count). The van der Waals surface area contributed by atoms with E-state index >= 15 is 0 Å². The molecule has 1 nitrogen and oxygen atoms in total. The minimum absolute atomic E-state index is 0.0650. The Kier molecular flexibility index (Phi) is 4.73. The first-order valence-electron chi connectivity index (χ1n) is 8.83. The molecular formula is C24H19ClO. The van der Waals surface area contributed by atoms with E-state index in [0.717, 1.165) is 17.5 Å². The monoisotopic (exact) mass is 358 g/mol. The number of Topliss-reactive ketones (excluding diaryl/α,β-unsaturated/α-hetero) is 1. The van der Waals surface area contributed by atoms with Gasteiger partial charge in [-0.3, -0.25) is 4.79 Å². The van der Waals surface area contributed by atoms with Gasteiger partial charge in [0.1, 0.15) is 0 Å². The molecule has 0 radical (unpaired) electrons. The van der Waals surface area contributed by atoms with Crippen molar-refractivity contribution in [1.82, 2.24) is 0 Å². The van der Waals surface area contributed by atoms with Crippen molar-refractivity contribution in [2.45, 2.75) is 12.3 Å². The fourth-order valence-corrected chi connectivity index (χ4v) is 3.84. The molecule has 1 aliphatic carbocycles. The fourth-order valence-electron chi connectivity index (χ4n) is 3.72. The molecule has 2 heteroatoms. The van der Waals surface area contributed by atoms with E-state index in [2.05, 4.69) is 18.2 Å². The second-order valence-electron chi connectivity index (χ2n) is 6.68.